The first-order chi connectivity index (χ1) is 25.7. The van der Waals surface area contributed by atoms with E-state index in [4.69, 9.17) is 5.14 Å². The molecule has 0 aliphatic heterocycles. The van der Waals surface area contributed by atoms with Crippen LogP contribution in [0.3, 0.4) is 0 Å². The minimum atomic E-state index is 0.538. The van der Waals surface area contributed by atoms with Gasteiger partial charge in [0.1, 0.15) is 0 Å². The normalized spacial score (nSPS) is 10.9. The van der Waals surface area contributed by atoms with Gasteiger partial charge in [0, 0.05) is 57.7 Å². The molecule has 12 nitrogen and oxygen atoms in total. The number of hydrogen-bond donors (Lipinski definition) is 5. The molecule has 6 N–H and O–H groups in total. The zero-order valence-electron chi connectivity index (χ0n) is 27.5. The lowest BCUT2D eigenvalue weighted by molar-refractivity contribution is 1.17. The highest BCUT2D eigenvalue weighted by Crippen LogP contribution is 2.26. The number of fused-ring (bicyclic) bond motifs is 2. The van der Waals surface area contributed by atoms with Gasteiger partial charge in [0.05, 0.1) is 46.1 Å². The number of aromatic nitrogens is 9. The summed E-state index contributed by atoms with van der Waals surface area (Å²) in [5, 5.41) is 12.1. The number of rotatable bonds is 8. The van der Waals surface area contributed by atoms with E-state index in [0.717, 1.165) is 72.0 Å². The maximum absolute atomic E-state index is 5.60. The van der Waals surface area contributed by atoms with Crippen LogP contribution < -0.4 is 15.8 Å². The van der Waals surface area contributed by atoms with Crippen LogP contribution in [0.15, 0.2) is 152 Å². The fourth-order valence-corrected chi connectivity index (χ4v) is 5.92. The number of pyridine rings is 1. The van der Waals surface area contributed by atoms with E-state index in [1.54, 1.807) is 31.2 Å². The molecule has 5 heterocycles. The molecule has 0 fully saturated rings. The predicted molar refractivity (Wildman–Crippen MR) is 207 cm³/mol. The Morgan fingerprint density at radius 2 is 1.12 bits per heavy atom. The van der Waals surface area contributed by atoms with Crippen molar-refractivity contribution in [3.8, 4) is 33.6 Å². The summed E-state index contributed by atoms with van der Waals surface area (Å²) in [4.78, 5) is 37.8. The van der Waals surface area contributed by atoms with E-state index in [0.29, 0.717) is 11.9 Å². The number of hydrogen-bond acceptors (Lipinski definition) is 11. The number of nitrogens with zero attached hydrogens (tertiary/aromatic N) is 7. The van der Waals surface area contributed by atoms with E-state index < -0.39 is 0 Å². The molecule has 0 aliphatic carbocycles. The third kappa shape index (κ3) is 7.45. The second kappa shape index (κ2) is 14.9. The lowest BCUT2D eigenvalue weighted by Gasteiger charge is -2.08. The second-order valence-electron chi connectivity index (χ2n) is 11.5. The maximum Gasteiger partial charge on any atom is 0.227 e. The van der Waals surface area contributed by atoms with Gasteiger partial charge in [0.2, 0.25) is 11.9 Å². The molecule has 9 rings (SSSR count). The Bertz CT molecular complexity index is 2600. The molecule has 4 aromatic carbocycles. The number of benzene rings is 4. The number of aromatic amines is 2. The van der Waals surface area contributed by atoms with Crippen molar-refractivity contribution in [3.63, 3.8) is 0 Å². The van der Waals surface area contributed by atoms with Crippen LogP contribution in [0.4, 0.5) is 23.3 Å². The molecule has 0 saturated carbocycles. The standard InChI is InChI=1S/C22H16N6.C17H14N6S/c1-3-15(17-4-2-9-23-13-17)11-18(5-1)27-22-24-10-8-19(28-22)16-6-7-20-21(12-16)26-14-25-20;18-24-13-3-1-2-12(9-13)22-17-19-7-6-14(23-17)11-4-5-15-16(8-11)21-10-20-15/h1-14H,(H,25,26)(H,24,27,28);1-10H,18H2,(H,20,21)(H,19,22,23). The number of anilines is 4. The second-order valence-corrected chi connectivity index (χ2v) is 12.2. The van der Waals surface area contributed by atoms with Gasteiger partial charge in [-0.15, -0.1) is 0 Å². The minimum absolute atomic E-state index is 0.538. The lowest BCUT2D eigenvalue weighted by Crippen LogP contribution is -1.98. The molecule has 13 heteroatoms. The average molecular weight is 699 g/mol. The summed E-state index contributed by atoms with van der Waals surface area (Å²) in [5.41, 5.74) is 11.5. The lowest BCUT2D eigenvalue weighted by atomic mass is 10.1. The van der Waals surface area contributed by atoms with Gasteiger partial charge in [-0.05, 0) is 90.3 Å². The fourth-order valence-electron chi connectivity index (χ4n) is 5.56. The summed E-state index contributed by atoms with van der Waals surface area (Å²) in [6, 6.07) is 35.7. The Hall–Kier alpha value is -6.96. The first kappa shape index (κ1) is 32.3. The van der Waals surface area contributed by atoms with Crippen LogP contribution in [0.5, 0.6) is 0 Å². The van der Waals surface area contributed by atoms with Gasteiger partial charge in [-0.1, -0.05) is 36.4 Å². The van der Waals surface area contributed by atoms with Gasteiger partial charge >= 0.3 is 0 Å². The van der Waals surface area contributed by atoms with Crippen molar-refractivity contribution in [2.24, 2.45) is 5.14 Å². The van der Waals surface area contributed by atoms with Gasteiger partial charge in [-0.3, -0.25) is 10.1 Å². The summed E-state index contributed by atoms with van der Waals surface area (Å²) in [6.45, 7) is 0. The minimum Gasteiger partial charge on any atom is -0.345 e. The summed E-state index contributed by atoms with van der Waals surface area (Å²) in [7, 11) is 0. The van der Waals surface area contributed by atoms with Crippen LogP contribution in [0.25, 0.3) is 55.7 Å². The smallest absolute Gasteiger partial charge is 0.227 e. The first-order valence-corrected chi connectivity index (χ1v) is 17.1. The molecular formula is C39H30N12S. The van der Waals surface area contributed by atoms with Crippen molar-refractivity contribution in [1.29, 1.82) is 0 Å². The van der Waals surface area contributed by atoms with Gasteiger partial charge in [0.15, 0.2) is 0 Å². The van der Waals surface area contributed by atoms with Crippen molar-refractivity contribution in [2.45, 2.75) is 4.90 Å². The van der Waals surface area contributed by atoms with Crippen molar-refractivity contribution < 1.29 is 0 Å². The Labute approximate surface area is 302 Å². The highest BCUT2D eigenvalue weighted by molar-refractivity contribution is 7.97. The Morgan fingerprint density at radius 3 is 1.71 bits per heavy atom. The molecule has 0 unspecified atom stereocenters. The molecule has 252 valence electrons. The van der Waals surface area contributed by atoms with E-state index in [-0.39, 0.29) is 0 Å². The van der Waals surface area contributed by atoms with E-state index in [1.807, 2.05) is 103 Å². The fraction of sp³-hybridized carbons (Fsp3) is 0. The number of H-pyrrole nitrogens is 2. The SMILES string of the molecule is NSc1cccc(Nc2nccc(-c3ccc4nc[nH]c4c3)n2)c1.c1cncc(-c2cccc(Nc3nccc(-c4ccc5nc[nH]c5c4)n3)c2)c1. The van der Waals surface area contributed by atoms with Crippen LogP contribution in [0, 0.1) is 0 Å². The van der Waals surface area contributed by atoms with Crippen molar-refractivity contribution >= 4 is 57.3 Å². The molecule has 0 saturated heterocycles. The Morgan fingerprint density at radius 1 is 0.519 bits per heavy atom. The molecule has 0 aliphatic rings. The van der Waals surface area contributed by atoms with Crippen molar-refractivity contribution in [2.75, 3.05) is 10.6 Å². The zero-order chi connectivity index (χ0) is 35.1. The van der Waals surface area contributed by atoms with Gasteiger partial charge < -0.3 is 20.6 Å². The highest BCUT2D eigenvalue weighted by Gasteiger charge is 2.08. The Kier molecular flexibility index (Phi) is 9.23. The van der Waals surface area contributed by atoms with Gasteiger partial charge in [0.25, 0.3) is 0 Å². The molecule has 0 radical (unpaired) electrons. The average Bonchev–Trinajstić information content (AvgIpc) is 3.88. The van der Waals surface area contributed by atoms with Crippen LogP contribution in [0.2, 0.25) is 0 Å². The van der Waals surface area contributed by atoms with Gasteiger partial charge in [-0.25, -0.2) is 29.9 Å². The summed E-state index contributed by atoms with van der Waals surface area (Å²) in [6.07, 6.45) is 10.5. The molecule has 0 atom stereocenters. The third-order valence-electron chi connectivity index (χ3n) is 8.08. The van der Waals surface area contributed by atoms with Crippen molar-refractivity contribution in [1.82, 2.24) is 44.9 Å². The molecule has 0 spiro atoms. The number of nitrogens with two attached hydrogens (primary N) is 1. The van der Waals surface area contributed by atoms with Crippen LogP contribution in [-0.2, 0) is 0 Å². The van der Waals surface area contributed by atoms with E-state index >= 15 is 0 Å². The topological polar surface area (TPSA) is 172 Å². The Balaban J connectivity index is 0.000000151. The highest BCUT2D eigenvalue weighted by atomic mass is 32.2. The number of nitrogens with one attached hydrogen (secondary N) is 4. The number of imidazole rings is 2. The largest absolute Gasteiger partial charge is 0.345 e. The maximum atomic E-state index is 5.60. The van der Waals surface area contributed by atoms with Gasteiger partial charge in [-0.2, -0.15) is 0 Å². The van der Waals surface area contributed by atoms with Crippen LogP contribution in [-0.4, -0.2) is 44.9 Å². The quantitative estimate of drug-likeness (QED) is 0.0963. The summed E-state index contributed by atoms with van der Waals surface area (Å²) < 4.78 is 0. The first-order valence-electron chi connectivity index (χ1n) is 16.2. The summed E-state index contributed by atoms with van der Waals surface area (Å²) in [5.74, 6) is 1.09. The molecule has 0 bridgehead atoms. The van der Waals surface area contributed by atoms with Crippen LogP contribution >= 0.6 is 11.9 Å². The summed E-state index contributed by atoms with van der Waals surface area (Å²) >= 11 is 1.21. The zero-order valence-corrected chi connectivity index (χ0v) is 28.3. The molecule has 9 aromatic rings. The van der Waals surface area contributed by atoms with Crippen molar-refractivity contribution in [3.05, 3.63) is 147 Å². The molecule has 5 aromatic heterocycles. The molecule has 0 amide bonds. The molecular weight excluding hydrogens is 669 g/mol. The monoisotopic (exact) mass is 698 g/mol. The predicted octanol–water partition coefficient (Wildman–Crippen LogP) is 8.55. The molecule has 52 heavy (non-hydrogen) atoms. The van der Waals surface area contributed by atoms with E-state index in [1.165, 1.54) is 11.9 Å². The van der Waals surface area contributed by atoms with E-state index in [9.17, 15) is 0 Å². The van der Waals surface area contributed by atoms with Crippen LogP contribution in [0.1, 0.15) is 0 Å². The third-order valence-corrected chi connectivity index (χ3v) is 8.61. The van der Waals surface area contributed by atoms with E-state index in [2.05, 4.69) is 67.6 Å².